The molecule has 1 aromatic heterocycles. The minimum atomic E-state index is -0.336. The maximum Gasteiger partial charge on any atom is 0.264 e. The van der Waals surface area contributed by atoms with Gasteiger partial charge in [-0.3, -0.25) is 10.1 Å². The summed E-state index contributed by atoms with van der Waals surface area (Å²) >= 11 is 1.36. The predicted octanol–water partition coefficient (Wildman–Crippen LogP) is 3.58. The van der Waals surface area contributed by atoms with Crippen molar-refractivity contribution in [3.05, 3.63) is 48.0 Å². The molecule has 25 heavy (non-hydrogen) atoms. The number of para-hydroxylation sites is 1. The first-order valence-electron chi connectivity index (χ1n) is 7.64. The molecule has 3 rings (SSSR count). The minimum Gasteiger partial charge on any atom is -0.494 e. The van der Waals surface area contributed by atoms with E-state index in [9.17, 15) is 4.79 Å². The summed E-state index contributed by atoms with van der Waals surface area (Å²) in [5.41, 5.74) is 1.18. The molecule has 1 amide bonds. The third-order valence-corrected chi connectivity index (χ3v) is 4.22. The lowest BCUT2D eigenvalue weighted by Crippen LogP contribution is -2.20. The highest BCUT2D eigenvalue weighted by Gasteiger charge is 2.10. The van der Waals surface area contributed by atoms with Gasteiger partial charge in [-0.15, -0.1) is 0 Å². The Bertz CT molecular complexity index is 946. The smallest absolute Gasteiger partial charge is 0.264 e. The van der Waals surface area contributed by atoms with Gasteiger partial charge in [0.15, 0.2) is 11.7 Å². The van der Waals surface area contributed by atoms with E-state index >= 15 is 0 Å². The minimum absolute atomic E-state index is 0.196. The number of aromatic nitrogens is 1. The molecule has 0 spiro atoms. The van der Waals surface area contributed by atoms with Crippen molar-refractivity contribution in [2.24, 2.45) is 0 Å². The summed E-state index contributed by atoms with van der Waals surface area (Å²) in [5.74, 6) is 0.815. The van der Waals surface area contributed by atoms with Gasteiger partial charge in [-0.05, 0) is 37.3 Å². The number of amides is 1. The highest BCUT2D eigenvalue weighted by atomic mass is 32.1. The Labute approximate surface area is 148 Å². The molecule has 2 aromatic carbocycles. The van der Waals surface area contributed by atoms with Crippen LogP contribution in [0.25, 0.3) is 10.2 Å². The van der Waals surface area contributed by atoms with Crippen LogP contribution in [0.15, 0.2) is 42.5 Å². The normalized spacial score (nSPS) is 10.2. The molecule has 6 nitrogen and oxygen atoms in total. The van der Waals surface area contributed by atoms with Crippen LogP contribution in [0.3, 0.4) is 0 Å². The summed E-state index contributed by atoms with van der Waals surface area (Å²) in [6.07, 6.45) is 0. The topological polar surface area (TPSA) is 84.2 Å². The largest absolute Gasteiger partial charge is 0.494 e. The molecule has 3 aromatic rings. The number of rotatable bonds is 6. The number of hydrogen-bond acceptors (Lipinski definition) is 6. The highest BCUT2D eigenvalue weighted by molar-refractivity contribution is 7.22. The molecular formula is C18H15N3O3S. The second-order valence-electron chi connectivity index (χ2n) is 5.03. The van der Waals surface area contributed by atoms with Crippen LogP contribution in [0, 0.1) is 11.3 Å². The van der Waals surface area contributed by atoms with E-state index in [0.717, 1.165) is 16.0 Å². The highest BCUT2D eigenvalue weighted by Crippen LogP contribution is 2.29. The first-order chi connectivity index (χ1) is 12.2. The van der Waals surface area contributed by atoms with Crippen molar-refractivity contribution in [3.63, 3.8) is 0 Å². The zero-order chi connectivity index (χ0) is 17.6. The summed E-state index contributed by atoms with van der Waals surface area (Å²) in [4.78, 5) is 16.4. The molecule has 0 radical (unpaired) electrons. The first kappa shape index (κ1) is 16.7. The molecule has 1 heterocycles. The zero-order valence-corrected chi connectivity index (χ0v) is 14.3. The number of nitrogens with zero attached hydrogens (tertiary/aromatic N) is 2. The van der Waals surface area contributed by atoms with Crippen molar-refractivity contribution >= 4 is 32.6 Å². The lowest BCUT2D eigenvalue weighted by atomic mass is 10.2. The number of hydrogen-bond donors (Lipinski definition) is 1. The summed E-state index contributed by atoms with van der Waals surface area (Å²) < 4.78 is 11.8. The summed E-state index contributed by atoms with van der Waals surface area (Å²) in [5, 5.41) is 12.2. The molecule has 7 heteroatoms. The second-order valence-corrected chi connectivity index (χ2v) is 6.06. The Morgan fingerprint density at radius 3 is 2.92 bits per heavy atom. The molecular weight excluding hydrogens is 338 g/mol. The lowest BCUT2D eigenvalue weighted by molar-refractivity contribution is -0.118. The third-order valence-electron chi connectivity index (χ3n) is 3.28. The van der Waals surface area contributed by atoms with Crippen molar-refractivity contribution in [2.45, 2.75) is 6.92 Å². The van der Waals surface area contributed by atoms with E-state index in [1.54, 1.807) is 24.3 Å². The molecule has 0 saturated heterocycles. The fourth-order valence-corrected chi connectivity index (χ4v) is 3.11. The van der Waals surface area contributed by atoms with Crippen LogP contribution in [0.2, 0.25) is 0 Å². The molecule has 0 aliphatic rings. The van der Waals surface area contributed by atoms with Crippen LogP contribution in [0.5, 0.6) is 11.5 Å². The SMILES string of the molecule is CCOc1ccc2nc(NC(=O)COc3ccccc3C#N)sc2c1. The molecule has 0 bridgehead atoms. The number of thiazole rings is 1. The summed E-state index contributed by atoms with van der Waals surface area (Å²) in [6, 6.07) is 14.4. The van der Waals surface area contributed by atoms with Crippen LogP contribution in [-0.2, 0) is 4.79 Å². The van der Waals surface area contributed by atoms with E-state index in [2.05, 4.69) is 10.3 Å². The van der Waals surface area contributed by atoms with Crippen molar-refractivity contribution in [1.29, 1.82) is 5.26 Å². The van der Waals surface area contributed by atoms with Gasteiger partial charge in [-0.2, -0.15) is 5.26 Å². The van der Waals surface area contributed by atoms with Crippen LogP contribution in [-0.4, -0.2) is 24.1 Å². The average Bonchev–Trinajstić information content (AvgIpc) is 3.02. The van der Waals surface area contributed by atoms with Crippen LogP contribution < -0.4 is 14.8 Å². The number of carbonyl (C=O) groups excluding carboxylic acids is 1. The van der Waals surface area contributed by atoms with Crippen molar-refractivity contribution in [2.75, 3.05) is 18.5 Å². The van der Waals surface area contributed by atoms with E-state index in [0.29, 0.717) is 23.1 Å². The lowest BCUT2D eigenvalue weighted by Gasteiger charge is -2.06. The molecule has 0 unspecified atom stereocenters. The average molecular weight is 353 g/mol. The van der Waals surface area contributed by atoms with E-state index in [-0.39, 0.29) is 12.5 Å². The van der Waals surface area contributed by atoms with Crippen molar-refractivity contribution in [1.82, 2.24) is 4.98 Å². The Balaban J connectivity index is 1.64. The van der Waals surface area contributed by atoms with E-state index in [1.165, 1.54) is 11.3 Å². The van der Waals surface area contributed by atoms with Crippen LogP contribution >= 0.6 is 11.3 Å². The van der Waals surface area contributed by atoms with Gasteiger partial charge in [0, 0.05) is 0 Å². The number of anilines is 1. The van der Waals surface area contributed by atoms with Crippen LogP contribution in [0.4, 0.5) is 5.13 Å². The number of ether oxygens (including phenoxy) is 2. The number of nitriles is 1. The zero-order valence-electron chi connectivity index (χ0n) is 13.5. The monoisotopic (exact) mass is 353 g/mol. The fraction of sp³-hybridized carbons (Fsp3) is 0.167. The van der Waals surface area contributed by atoms with E-state index in [4.69, 9.17) is 14.7 Å². The van der Waals surface area contributed by atoms with Gasteiger partial charge in [0.05, 0.1) is 22.4 Å². The Morgan fingerprint density at radius 2 is 2.12 bits per heavy atom. The standard InChI is InChI=1S/C18H15N3O3S/c1-2-23-13-7-8-14-16(9-13)25-18(20-14)21-17(22)11-24-15-6-4-3-5-12(15)10-19/h3-9H,2,11H2,1H3,(H,20,21,22). The maximum atomic E-state index is 12.1. The maximum absolute atomic E-state index is 12.1. The predicted molar refractivity (Wildman–Crippen MR) is 96.1 cm³/mol. The quantitative estimate of drug-likeness (QED) is 0.732. The number of carbonyl (C=O) groups is 1. The Morgan fingerprint density at radius 1 is 1.28 bits per heavy atom. The summed E-state index contributed by atoms with van der Waals surface area (Å²) in [7, 11) is 0. The molecule has 126 valence electrons. The van der Waals surface area contributed by atoms with Gasteiger partial charge in [0.25, 0.3) is 5.91 Å². The molecule has 0 fully saturated rings. The van der Waals surface area contributed by atoms with E-state index < -0.39 is 0 Å². The Kier molecular flexibility index (Phi) is 5.11. The number of fused-ring (bicyclic) bond motifs is 1. The van der Waals surface area contributed by atoms with Gasteiger partial charge in [0.2, 0.25) is 0 Å². The number of benzene rings is 2. The fourth-order valence-electron chi connectivity index (χ4n) is 2.20. The van der Waals surface area contributed by atoms with Gasteiger partial charge in [0.1, 0.15) is 17.6 Å². The van der Waals surface area contributed by atoms with Crippen molar-refractivity contribution < 1.29 is 14.3 Å². The number of nitrogens with one attached hydrogen (secondary N) is 1. The van der Waals surface area contributed by atoms with Crippen molar-refractivity contribution in [3.8, 4) is 17.6 Å². The Hall–Kier alpha value is -3.11. The van der Waals surface area contributed by atoms with Gasteiger partial charge in [-0.25, -0.2) is 4.98 Å². The molecule has 0 atom stereocenters. The second kappa shape index (κ2) is 7.64. The first-order valence-corrected chi connectivity index (χ1v) is 8.46. The summed E-state index contributed by atoms with van der Waals surface area (Å²) in [6.45, 7) is 2.32. The molecule has 1 N–H and O–H groups in total. The van der Waals surface area contributed by atoms with Gasteiger partial charge in [-0.1, -0.05) is 23.5 Å². The molecule has 0 saturated carbocycles. The van der Waals surface area contributed by atoms with E-state index in [1.807, 2.05) is 31.2 Å². The van der Waals surface area contributed by atoms with Crippen LogP contribution in [0.1, 0.15) is 12.5 Å². The van der Waals surface area contributed by atoms with Gasteiger partial charge >= 0.3 is 0 Å². The molecule has 0 aliphatic heterocycles. The van der Waals surface area contributed by atoms with Gasteiger partial charge < -0.3 is 9.47 Å². The molecule has 0 aliphatic carbocycles. The third kappa shape index (κ3) is 4.05.